The number of fused-ring (bicyclic) bond motifs is 1. The van der Waals surface area contributed by atoms with Crippen molar-refractivity contribution in [1.82, 2.24) is 24.8 Å². The predicted octanol–water partition coefficient (Wildman–Crippen LogP) is 2.75. The quantitative estimate of drug-likeness (QED) is 0.718. The van der Waals surface area contributed by atoms with Gasteiger partial charge in [0.15, 0.2) is 5.82 Å². The Morgan fingerprint density at radius 2 is 1.93 bits per heavy atom. The number of anilines is 3. The van der Waals surface area contributed by atoms with Gasteiger partial charge in [-0.3, -0.25) is 4.79 Å². The zero-order chi connectivity index (χ0) is 19.6. The Hall–Kier alpha value is -3.29. The summed E-state index contributed by atoms with van der Waals surface area (Å²) in [5, 5.41) is 6.37. The third-order valence-corrected chi connectivity index (χ3v) is 4.02. The molecular formula is C19H23N7O. The van der Waals surface area contributed by atoms with Gasteiger partial charge < -0.3 is 15.5 Å². The molecule has 2 aromatic heterocycles. The van der Waals surface area contributed by atoms with Crippen LogP contribution in [0.2, 0.25) is 0 Å². The number of nitrogens with one attached hydrogen (secondary N) is 2. The van der Waals surface area contributed by atoms with E-state index in [0.29, 0.717) is 22.8 Å². The molecule has 0 atom stereocenters. The number of carbonyl (C=O) groups excluding carboxylic acids is 1. The largest absolute Gasteiger partial charge is 0.347 e. The van der Waals surface area contributed by atoms with Gasteiger partial charge in [-0.05, 0) is 38.5 Å². The van der Waals surface area contributed by atoms with Crippen LogP contribution in [0.1, 0.15) is 19.4 Å². The highest BCUT2D eigenvalue weighted by Gasteiger charge is 2.30. The van der Waals surface area contributed by atoms with Gasteiger partial charge in [-0.2, -0.15) is 0 Å². The molecule has 2 heterocycles. The molecule has 8 heteroatoms. The minimum absolute atomic E-state index is 0.0754. The average molecular weight is 365 g/mol. The summed E-state index contributed by atoms with van der Waals surface area (Å²) in [6.07, 6.45) is 3.08. The summed E-state index contributed by atoms with van der Waals surface area (Å²) in [6, 6.07) is 7.98. The minimum Gasteiger partial charge on any atom is -0.347 e. The van der Waals surface area contributed by atoms with Crippen LogP contribution < -0.4 is 10.6 Å². The molecule has 0 saturated heterocycles. The number of likely N-dealkylation sites (N-methyl/N-ethyl adjacent to an activating group) is 1. The van der Waals surface area contributed by atoms with E-state index in [-0.39, 0.29) is 5.91 Å². The van der Waals surface area contributed by atoms with Crippen molar-refractivity contribution in [3.63, 3.8) is 0 Å². The van der Waals surface area contributed by atoms with Crippen LogP contribution in [-0.2, 0) is 4.79 Å². The van der Waals surface area contributed by atoms with E-state index in [4.69, 9.17) is 0 Å². The molecule has 0 saturated carbocycles. The molecule has 3 rings (SSSR count). The standard InChI is InChI=1S/C19H23N7O/c1-12-7-6-8-13(9-12)23-16-15-14(21-11-22-16)10-20-18(24-15)25-19(2,3)17(27)26(4)5/h6-11H,1-5H3,(H,20,24,25)(H,21,22,23). The summed E-state index contributed by atoms with van der Waals surface area (Å²) >= 11 is 0. The van der Waals surface area contributed by atoms with Crippen LogP contribution in [0.3, 0.4) is 0 Å². The van der Waals surface area contributed by atoms with Crippen LogP contribution in [0.4, 0.5) is 17.5 Å². The van der Waals surface area contributed by atoms with Gasteiger partial charge in [0.25, 0.3) is 0 Å². The summed E-state index contributed by atoms with van der Waals surface area (Å²) in [6.45, 7) is 5.60. The molecule has 0 bridgehead atoms. The van der Waals surface area contributed by atoms with Gasteiger partial charge in [0.1, 0.15) is 22.9 Å². The van der Waals surface area contributed by atoms with Crippen LogP contribution in [0.25, 0.3) is 11.0 Å². The van der Waals surface area contributed by atoms with Crippen LogP contribution in [0, 0.1) is 6.92 Å². The van der Waals surface area contributed by atoms with Crippen molar-refractivity contribution < 1.29 is 4.79 Å². The lowest BCUT2D eigenvalue weighted by Crippen LogP contribution is -2.47. The van der Waals surface area contributed by atoms with E-state index in [1.165, 1.54) is 11.2 Å². The lowest BCUT2D eigenvalue weighted by atomic mass is 10.0. The van der Waals surface area contributed by atoms with Crippen molar-refractivity contribution in [2.75, 3.05) is 24.7 Å². The molecule has 8 nitrogen and oxygen atoms in total. The van der Waals surface area contributed by atoms with Crippen molar-refractivity contribution >= 4 is 34.4 Å². The highest BCUT2D eigenvalue weighted by Crippen LogP contribution is 2.23. The molecule has 3 aromatic rings. The summed E-state index contributed by atoms with van der Waals surface area (Å²) in [5.41, 5.74) is 2.38. The number of rotatable bonds is 5. The zero-order valence-electron chi connectivity index (χ0n) is 16.1. The van der Waals surface area contributed by atoms with E-state index in [0.717, 1.165) is 11.3 Å². The number of benzene rings is 1. The van der Waals surface area contributed by atoms with Gasteiger partial charge in [0, 0.05) is 19.8 Å². The smallest absolute Gasteiger partial charge is 0.247 e. The summed E-state index contributed by atoms with van der Waals surface area (Å²) in [5.74, 6) is 0.839. The topological polar surface area (TPSA) is 95.9 Å². The third kappa shape index (κ3) is 4.11. The number of nitrogens with zero attached hydrogens (tertiary/aromatic N) is 5. The maximum absolute atomic E-state index is 12.3. The SMILES string of the molecule is Cc1cccc(Nc2ncnc3cnc(NC(C)(C)C(=O)N(C)C)nc23)c1. The average Bonchev–Trinajstić information content (AvgIpc) is 2.61. The Balaban J connectivity index is 1.95. The third-order valence-electron chi connectivity index (χ3n) is 4.02. The highest BCUT2D eigenvalue weighted by atomic mass is 16.2. The number of aryl methyl sites for hydroxylation is 1. The Bertz CT molecular complexity index is 985. The Morgan fingerprint density at radius 3 is 2.63 bits per heavy atom. The van der Waals surface area contributed by atoms with Crippen molar-refractivity contribution in [3.05, 3.63) is 42.4 Å². The molecule has 140 valence electrons. The number of hydrogen-bond acceptors (Lipinski definition) is 7. The second kappa shape index (κ2) is 7.14. The summed E-state index contributed by atoms with van der Waals surface area (Å²) < 4.78 is 0. The lowest BCUT2D eigenvalue weighted by Gasteiger charge is -2.28. The van der Waals surface area contributed by atoms with Gasteiger partial charge in [-0.25, -0.2) is 19.9 Å². The van der Waals surface area contributed by atoms with Crippen molar-refractivity contribution in [2.45, 2.75) is 26.3 Å². The molecule has 0 aliphatic rings. The van der Waals surface area contributed by atoms with E-state index < -0.39 is 5.54 Å². The molecule has 1 aromatic carbocycles. The lowest BCUT2D eigenvalue weighted by molar-refractivity contribution is -0.132. The maximum Gasteiger partial charge on any atom is 0.247 e. The van der Waals surface area contributed by atoms with Crippen molar-refractivity contribution in [2.24, 2.45) is 0 Å². The fraction of sp³-hybridized carbons (Fsp3) is 0.316. The maximum atomic E-state index is 12.3. The van der Waals surface area contributed by atoms with E-state index in [1.54, 1.807) is 34.1 Å². The van der Waals surface area contributed by atoms with Crippen molar-refractivity contribution in [1.29, 1.82) is 0 Å². The van der Waals surface area contributed by atoms with Gasteiger partial charge in [0.2, 0.25) is 11.9 Å². The van der Waals surface area contributed by atoms with Gasteiger partial charge in [0.05, 0.1) is 6.20 Å². The Kier molecular flexibility index (Phi) is 4.89. The summed E-state index contributed by atoms with van der Waals surface area (Å²) in [7, 11) is 3.43. The molecule has 0 unspecified atom stereocenters. The molecule has 1 amide bonds. The predicted molar refractivity (Wildman–Crippen MR) is 106 cm³/mol. The van der Waals surface area contributed by atoms with E-state index >= 15 is 0 Å². The second-order valence-electron chi connectivity index (χ2n) is 7.09. The Morgan fingerprint density at radius 1 is 1.15 bits per heavy atom. The van der Waals surface area contributed by atoms with Crippen LogP contribution in [0.15, 0.2) is 36.8 Å². The van der Waals surface area contributed by atoms with Crippen LogP contribution in [0.5, 0.6) is 0 Å². The number of aromatic nitrogens is 4. The first-order chi connectivity index (χ1) is 12.8. The molecule has 0 radical (unpaired) electrons. The molecular weight excluding hydrogens is 342 g/mol. The van der Waals surface area contributed by atoms with Crippen molar-refractivity contribution in [3.8, 4) is 0 Å². The number of carbonyl (C=O) groups is 1. The van der Waals surface area contributed by atoms with Crippen LogP contribution in [-0.4, -0.2) is 50.4 Å². The highest BCUT2D eigenvalue weighted by molar-refractivity contribution is 5.89. The van der Waals surface area contributed by atoms with Gasteiger partial charge in [-0.15, -0.1) is 0 Å². The van der Waals surface area contributed by atoms with Gasteiger partial charge >= 0.3 is 0 Å². The normalized spacial score (nSPS) is 11.3. The number of hydrogen-bond donors (Lipinski definition) is 2. The molecule has 2 N–H and O–H groups in total. The first-order valence-electron chi connectivity index (χ1n) is 8.57. The van der Waals surface area contributed by atoms with E-state index in [2.05, 4.69) is 30.6 Å². The first kappa shape index (κ1) is 18.5. The molecule has 0 aliphatic carbocycles. The second-order valence-corrected chi connectivity index (χ2v) is 7.09. The van der Waals surface area contributed by atoms with Crippen LogP contribution >= 0.6 is 0 Å². The molecule has 0 aliphatic heterocycles. The van der Waals surface area contributed by atoms with E-state index in [9.17, 15) is 4.79 Å². The summed E-state index contributed by atoms with van der Waals surface area (Å²) in [4.78, 5) is 31.2. The fourth-order valence-corrected chi connectivity index (χ4v) is 2.76. The molecule has 0 spiro atoms. The van der Waals surface area contributed by atoms with Gasteiger partial charge in [-0.1, -0.05) is 12.1 Å². The zero-order valence-corrected chi connectivity index (χ0v) is 16.1. The molecule has 0 fully saturated rings. The monoisotopic (exact) mass is 365 g/mol. The molecule has 27 heavy (non-hydrogen) atoms. The number of amides is 1. The fourth-order valence-electron chi connectivity index (χ4n) is 2.76. The van der Waals surface area contributed by atoms with E-state index in [1.807, 2.05) is 31.2 Å². The first-order valence-corrected chi connectivity index (χ1v) is 8.57. The Labute approximate surface area is 158 Å². The minimum atomic E-state index is -0.850.